The van der Waals surface area contributed by atoms with Gasteiger partial charge in [-0.15, -0.1) is 11.3 Å². The highest BCUT2D eigenvalue weighted by Crippen LogP contribution is 2.36. The van der Waals surface area contributed by atoms with E-state index < -0.39 is 5.69 Å². The smallest absolute Gasteiger partial charge is 0.351 e. The summed E-state index contributed by atoms with van der Waals surface area (Å²) in [5.41, 5.74) is 8.31. The van der Waals surface area contributed by atoms with E-state index in [0.717, 1.165) is 22.4 Å². The average Bonchev–Trinajstić information content (AvgIpc) is 3.21. The van der Waals surface area contributed by atoms with Gasteiger partial charge in [-0.05, 0) is 23.3 Å². The number of ether oxygens (including phenoxy) is 1. The van der Waals surface area contributed by atoms with Gasteiger partial charge in [0.1, 0.15) is 22.9 Å². The number of amides is 1. The molecule has 1 amide bonds. The van der Waals surface area contributed by atoms with E-state index in [0.29, 0.717) is 16.8 Å². The first-order valence-corrected chi connectivity index (χ1v) is 10.2. The SMILES string of the molecule is COc1ccc(-c2csc3c2c(N)nc(=O)n3CC(=O)NCc2ccccc2)cc1. The number of nitrogens with two attached hydrogens (primary N) is 1. The molecule has 152 valence electrons. The van der Waals surface area contributed by atoms with E-state index in [9.17, 15) is 9.59 Å². The fourth-order valence-corrected chi connectivity index (χ4v) is 4.30. The van der Waals surface area contributed by atoms with Crippen molar-refractivity contribution in [3.63, 3.8) is 0 Å². The van der Waals surface area contributed by atoms with Gasteiger partial charge in [0, 0.05) is 17.5 Å². The number of thiophene rings is 1. The van der Waals surface area contributed by atoms with Crippen LogP contribution in [-0.4, -0.2) is 22.6 Å². The second-order valence-electron chi connectivity index (χ2n) is 6.69. The van der Waals surface area contributed by atoms with Gasteiger partial charge in [0.05, 0.1) is 12.5 Å². The number of aromatic nitrogens is 2. The largest absolute Gasteiger partial charge is 0.497 e. The molecule has 0 atom stereocenters. The molecule has 2 aromatic heterocycles. The molecule has 30 heavy (non-hydrogen) atoms. The standard InChI is InChI=1S/C22H20N4O3S/c1-29-16-9-7-15(8-10-16)17-13-30-21-19(17)20(23)25-22(28)26(21)12-18(27)24-11-14-5-3-2-4-6-14/h2-10,13H,11-12H2,1H3,(H,24,27)(H2,23,25,28). The van der Waals surface area contributed by atoms with Crippen LogP contribution in [0.4, 0.5) is 5.82 Å². The maximum atomic E-state index is 12.5. The number of methoxy groups -OCH3 is 1. The molecule has 0 saturated carbocycles. The lowest BCUT2D eigenvalue weighted by atomic mass is 10.1. The molecule has 2 aromatic carbocycles. The number of nitrogens with one attached hydrogen (secondary N) is 1. The Labute approximate surface area is 176 Å². The zero-order chi connectivity index (χ0) is 21.1. The molecule has 0 saturated heterocycles. The summed E-state index contributed by atoms with van der Waals surface area (Å²) in [7, 11) is 1.61. The summed E-state index contributed by atoms with van der Waals surface area (Å²) >= 11 is 1.36. The van der Waals surface area contributed by atoms with Crippen LogP contribution in [0.1, 0.15) is 5.56 Å². The molecule has 0 fully saturated rings. The molecule has 2 heterocycles. The fourth-order valence-electron chi connectivity index (χ4n) is 3.22. The van der Waals surface area contributed by atoms with Gasteiger partial charge in [0.15, 0.2) is 0 Å². The normalized spacial score (nSPS) is 10.8. The maximum Gasteiger partial charge on any atom is 0.351 e. The lowest BCUT2D eigenvalue weighted by molar-refractivity contribution is -0.121. The van der Waals surface area contributed by atoms with Gasteiger partial charge in [0.25, 0.3) is 0 Å². The number of fused-ring (bicyclic) bond motifs is 1. The summed E-state index contributed by atoms with van der Waals surface area (Å²) in [6, 6.07) is 17.1. The number of carbonyl (C=O) groups is 1. The second kappa shape index (κ2) is 8.38. The molecule has 0 radical (unpaired) electrons. The molecule has 4 aromatic rings. The van der Waals surface area contributed by atoms with E-state index in [-0.39, 0.29) is 18.3 Å². The summed E-state index contributed by atoms with van der Waals surface area (Å²) in [4.78, 5) is 29.5. The minimum Gasteiger partial charge on any atom is -0.497 e. The van der Waals surface area contributed by atoms with Crippen LogP contribution in [0.2, 0.25) is 0 Å². The fraction of sp³-hybridized carbons (Fsp3) is 0.136. The minimum absolute atomic E-state index is 0.127. The Balaban J connectivity index is 1.64. The number of rotatable bonds is 6. The zero-order valence-electron chi connectivity index (χ0n) is 16.3. The van der Waals surface area contributed by atoms with Crippen LogP contribution in [0, 0.1) is 0 Å². The highest BCUT2D eigenvalue weighted by atomic mass is 32.1. The molecule has 0 aliphatic rings. The summed E-state index contributed by atoms with van der Waals surface area (Å²) in [5.74, 6) is 0.632. The van der Waals surface area contributed by atoms with Crippen molar-refractivity contribution >= 4 is 33.3 Å². The Bertz CT molecular complexity index is 1250. The summed E-state index contributed by atoms with van der Waals surface area (Å²) in [5, 5.41) is 5.42. The molecule has 0 aliphatic heterocycles. The van der Waals surface area contributed by atoms with E-state index in [4.69, 9.17) is 10.5 Å². The lowest BCUT2D eigenvalue weighted by Gasteiger charge is -2.10. The van der Waals surface area contributed by atoms with Crippen LogP contribution >= 0.6 is 11.3 Å². The van der Waals surface area contributed by atoms with Crippen molar-refractivity contribution in [1.29, 1.82) is 0 Å². The summed E-state index contributed by atoms with van der Waals surface area (Å²) < 4.78 is 6.57. The van der Waals surface area contributed by atoms with Gasteiger partial charge >= 0.3 is 5.69 Å². The number of hydrogen-bond acceptors (Lipinski definition) is 6. The topological polar surface area (TPSA) is 99.2 Å². The van der Waals surface area contributed by atoms with E-state index >= 15 is 0 Å². The van der Waals surface area contributed by atoms with Crippen LogP contribution in [0.25, 0.3) is 21.3 Å². The monoisotopic (exact) mass is 420 g/mol. The number of carbonyl (C=O) groups excluding carboxylic acids is 1. The van der Waals surface area contributed by atoms with Crippen LogP contribution in [0.15, 0.2) is 64.8 Å². The third-order valence-corrected chi connectivity index (χ3v) is 5.76. The van der Waals surface area contributed by atoms with E-state index in [2.05, 4.69) is 10.3 Å². The van der Waals surface area contributed by atoms with Gasteiger partial charge in [-0.1, -0.05) is 42.5 Å². The molecule has 0 bridgehead atoms. The van der Waals surface area contributed by atoms with Crippen molar-refractivity contribution in [3.05, 3.63) is 76.0 Å². The van der Waals surface area contributed by atoms with Crippen molar-refractivity contribution in [2.45, 2.75) is 13.1 Å². The van der Waals surface area contributed by atoms with Gasteiger partial charge < -0.3 is 15.8 Å². The Morgan fingerprint density at radius 2 is 1.90 bits per heavy atom. The first kappa shape index (κ1) is 19.7. The molecule has 0 aliphatic carbocycles. The van der Waals surface area contributed by atoms with Crippen molar-refractivity contribution in [1.82, 2.24) is 14.9 Å². The molecule has 3 N–H and O–H groups in total. The molecular weight excluding hydrogens is 400 g/mol. The Morgan fingerprint density at radius 1 is 1.17 bits per heavy atom. The lowest BCUT2D eigenvalue weighted by Crippen LogP contribution is -2.33. The van der Waals surface area contributed by atoms with E-state index in [1.54, 1.807) is 7.11 Å². The maximum absolute atomic E-state index is 12.5. The number of hydrogen-bond donors (Lipinski definition) is 2. The Hall–Kier alpha value is -3.65. The molecule has 7 nitrogen and oxygen atoms in total. The van der Waals surface area contributed by atoms with Gasteiger partial charge in [-0.2, -0.15) is 4.98 Å². The first-order valence-electron chi connectivity index (χ1n) is 9.29. The van der Waals surface area contributed by atoms with Crippen molar-refractivity contribution in [3.8, 4) is 16.9 Å². The van der Waals surface area contributed by atoms with Crippen molar-refractivity contribution in [2.75, 3.05) is 12.8 Å². The Morgan fingerprint density at radius 3 is 2.60 bits per heavy atom. The molecule has 0 unspecified atom stereocenters. The average molecular weight is 420 g/mol. The molecular formula is C22H20N4O3S. The van der Waals surface area contributed by atoms with Crippen LogP contribution < -0.4 is 21.5 Å². The predicted molar refractivity (Wildman–Crippen MR) is 119 cm³/mol. The number of nitrogens with zero attached hydrogens (tertiary/aromatic N) is 2. The predicted octanol–water partition coefficient (Wildman–Crippen LogP) is 3.03. The Kier molecular flexibility index (Phi) is 5.49. The molecule has 8 heteroatoms. The van der Waals surface area contributed by atoms with Crippen LogP contribution in [-0.2, 0) is 17.9 Å². The zero-order valence-corrected chi connectivity index (χ0v) is 17.1. The molecule has 0 spiro atoms. The highest BCUT2D eigenvalue weighted by molar-refractivity contribution is 7.17. The number of nitrogen functional groups attached to an aromatic ring is 1. The molecule has 4 rings (SSSR count). The van der Waals surface area contributed by atoms with Gasteiger partial charge in [0.2, 0.25) is 5.91 Å². The van der Waals surface area contributed by atoms with Crippen LogP contribution in [0.3, 0.4) is 0 Å². The van der Waals surface area contributed by atoms with E-state index in [1.807, 2.05) is 60.0 Å². The first-order chi connectivity index (χ1) is 14.6. The summed E-state index contributed by atoms with van der Waals surface area (Å²) in [6.45, 7) is 0.263. The highest BCUT2D eigenvalue weighted by Gasteiger charge is 2.17. The summed E-state index contributed by atoms with van der Waals surface area (Å²) in [6.07, 6.45) is 0. The second-order valence-corrected chi connectivity index (χ2v) is 7.54. The number of anilines is 1. The van der Waals surface area contributed by atoms with Crippen LogP contribution in [0.5, 0.6) is 5.75 Å². The van der Waals surface area contributed by atoms with E-state index in [1.165, 1.54) is 15.9 Å². The number of benzene rings is 2. The minimum atomic E-state index is -0.544. The van der Waals surface area contributed by atoms with Crippen molar-refractivity contribution in [2.24, 2.45) is 0 Å². The third kappa shape index (κ3) is 3.90. The third-order valence-electron chi connectivity index (χ3n) is 4.76. The van der Waals surface area contributed by atoms with Gasteiger partial charge in [-0.25, -0.2) is 4.79 Å². The van der Waals surface area contributed by atoms with Gasteiger partial charge in [-0.3, -0.25) is 9.36 Å². The van der Waals surface area contributed by atoms with Crippen molar-refractivity contribution < 1.29 is 9.53 Å². The quantitative estimate of drug-likeness (QED) is 0.500.